The minimum Gasteiger partial charge on any atom is -0.356 e. The van der Waals surface area contributed by atoms with Gasteiger partial charge < -0.3 is 15.5 Å². The number of nitrogens with one attached hydrogen (secondary N) is 2. The van der Waals surface area contributed by atoms with Crippen LogP contribution in [0.15, 0.2) is 4.99 Å². The van der Waals surface area contributed by atoms with E-state index in [-0.39, 0.29) is 0 Å². The van der Waals surface area contributed by atoms with E-state index in [0.29, 0.717) is 6.04 Å². The summed E-state index contributed by atoms with van der Waals surface area (Å²) < 4.78 is 0. The van der Waals surface area contributed by atoms with Gasteiger partial charge in [0, 0.05) is 58.9 Å². The monoisotopic (exact) mass is 336 g/mol. The molecular formula is C18H36N6. The van der Waals surface area contributed by atoms with Crippen LogP contribution in [-0.4, -0.2) is 99.2 Å². The predicted octanol–water partition coefficient (Wildman–Crippen LogP) is 0.273. The molecule has 24 heavy (non-hydrogen) atoms. The summed E-state index contributed by atoms with van der Waals surface area (Å²) in [6.45, 7) is 14.3. The quantitative estimate of drug-likeness (QED) is 0.414. The summed E-state index contributed by atoms with van der Waals surface area (Å²) in [5.41, 5.74) is 0. The molecule has 2 bridgehead atoms. The first-order valence-electron chi connectivity index (χ1n) is 9.88. The molecule has 138 valence electrons. The van der Waals surface area contributed by atoms with Crippen LogP contribution in [0.4, 0.5) is 0 Å². The van der Waals surface area contributed by atoms with Crippen LogP contribution in [0.3, 0.4) is 0 Å². The number of rotatable bonds is 6. The first-order chi connectivity index (χ1) is 11.7. The molecule has 0 saturated carbocycles. The average Bonchev–Trinajstić information content (AvgIpc) is 2.63. The molecule has 0 aromatic heterocycles. The van der Waals surface area contributed by atoms with Crippen molar-refractivity contribution in [3.63, 3.8) is 0 Å². The first-order valence-corrected chi connectivity index (χ1v) is 9.88. The second kappa shape index (κ2) is 9.02. The highest BCUT2D eigenvalue weighted by Gasteiger charge is 2.31. The molecule has 2 N–H and O–H groups in total. The number of likely N-dealkylation sites (tertiary alicyclic amines) is 1. The molecule has 0 aromatic rings. The normalized spacial score (nSPS) is 32.1. The standard InChI is InChI=1S/C18H36N6/c1-16-4-8-22(9-5-16)7-3-6-20-18(19-2)21-14-17-15-23-10-12-24(17)13-11-23/h16-17H,3-15H2,1-2H3,(H2,19,20,21). The zero-order valence-electron chi connectivity index (χ0n) is 15.6. The van der Waals surface area contributed by atoms with Crippen molar-refractivity contribution in [2.24, 2.45) is 10.9 Å². The zero-order valence-corrected chi connectivity index (χ0v) is 15.6. The molecule has 4 saturated heterocycles. The highest BCUT2D eigenvalue weighted by molar-refractivity contribution is 5.79. The molecule has 4 rings (SSSR count). The number of piperazine rings is 3. The Morgan fingerprint density at radius 1 is 1.04 bits per heavy atom. The van der Waals surface area contributed by atoms with Crippen LogP contribution in [0.2, 0.25) is 0 Å². The van der Waals surface area contributed by atoms with Gasteiger partial charge in [0.15, 0.2) is 5.96 Å². The van der Waals surface area contributed by atoms with Crippen molar-refractivity contribution in [1.82, 2.24) is 25.3 Å². The van der Waals surface area contributed by atoms with Crippen LogP contribution in [0, 0.1) is 5.92 Å². The first kappa shape index (κ1) is 18.0. The minimum absolute atomic E-state index is 0.640. The number of nitrogens with zero attached hydrogens (tertiary/aromatic N) is 4. The van der Waals surface area contributed by atoms with E-state index in [0.717, 1.165) is 25.0 Å². The maximum absolute atomic E-state index is 4.38. The van der Waals surface area contributed by atoms with Crippen LogP contribution >= 0.6 is 0 Å². The lowest BCUT2D eigenvalue weighted by Gasteiger charge is -2.47. The maximum Gasteiger partial charge on any atom is 0.191 e. The van der Waals surface area contributed by atoms with Crippen molar-refractivity contribution in [2.45, 2.75) is 32.2 Å². The van der Waals surface area contributed by atoms with Crippen molar-refractivity contribution in [3.05, 3.63) is 0 Å². The van der Waals surface area contributed by atoms with E-state index in [9.17, 15) is 0 Å². The molecule has 4 aliphatic heterocycles. The molecular weight excluding hydrogens is 300 g/mol. The highest BCUT2D eigenvalue weighted by atomic mass is 15.4. The Bertz CT molecular complexity index is 396. The van der Waals surface area contributed by atoms with Crippen molar-refractivity contribution in [2.75, 3.05) is 72.5 Å². The fourth-order valence-electron chi connectivity index (χ4n) is 4.15. The van der Waals surface area contributed by atoms with Gasteiger partial charge in [0.2, 0.25) is 0 Å². The molecule has 6 nitrogen and oxygen atoms in total. The molecule has 4 heterocycles. The molecule has 4 aliphatic rings. The van der Waals surface area contributed by atoms with E-state index < -0.39 is 0 Å². The van der Waals surface area contributed by atoms with Crippen LogP contribution in [0.25, 0.3) is 0 Å². The van der Waals surface area contributed by atoms with Gasteiger partial charge in [-0.3, -0.25) is 14.8 Å². The smallest absolute Gasteiger partial charge is 0.191 e. The Morgan fingerprint density at radius 3 is 2.42 bits per heavy atom. The Hall–Kier alpha value is -0.850. The number of guanidine groups is 1. The third-order valence-electron chi connectivity index (χ3n) is 5.94. The van der Waals surface area contributed by atoms with Gasteiger partial charge in [-0.05, 0) is 44.8 Å². The molecule has 0 radical (unpaired) electrons. The summed E-state index contributed by atoms with van der Waals surface area (Å²) in [6, 6.07) is 0.640. The predicted molar refractivity (Wildman–Crippen MR) is 101 cm³/mol. The summed E-state index contributed by atoms with van der Waals surface area (Å²) >= 11 is 0. The van der Waals surface area contributed by atoms with Gasteiger partial charge in [-0.15, -0.1) is 0 Å². The Balaban J connectivity index is 1.28. The average molecular weight is 337 g/mol. The number of hydrogen-bond donors (Lipinski definition) is 2. The second-order valence-electron chi connectivity index (χ2n) is 7.75. The number of fused-ring (bicyclic) bond motifs is 3. The van der Waals surface area contributed by atoms with Gasteiger partial charge in [-0.1, -0.05) is 6.92 Å². The summed E-state index contributed by atoms with van der Waals surface area (Å²) in [7, 11) is 1.87. The third-order valence-corrected chi connectivity index (χ3v) is 5.94. The van der Waals surface area contributed by atoms with E-state index >= 15 is 0 Å². The van der Waals surface area contributed by atoms with Gasteiger partial charge in [-0.25, -0.2) is 0 Å². The largest absolute Gasteiger partial charge is 0.356 e. The van der Waals surface area contributed by atoms with Crippen molar-refractivity contribution in [3.8, 4) is 0 Å². The van der Waals surface area contributed by atoms with Crippen LogP contribution < -0.4 is 10.6 Å². The second-order valence-corrected chi connectivity index (χ2v) is 7.75. The van der Waals surface area contributed by atoms with E-state index in [4.69, 9.17) is 0 Å². The van der Waals surface area contributed by atoms with Crippen molar-refractivity contribution < 1.29 is 0 Å². The maximum atomic E-state index is 4.38. The van der Waals surface area contributed by atoms with Gasteiger partial charge in [-0.2, -0.15) is 0 Å². The fourth-order valence-corrected chi connectivity index (χ4v) is 4.15. The number of aliphatic imine (C=N–C) groups is 1. The van der Waals surface area contributed by atoms with Crippen LogP contribution in [-0.2, 0) is 0 Å². The molecule has 6 heteroatoms. The van der Waals surface area contributed by atoms with Gasteiger partial charge >= 0.3 is 0 Å². The topological polar surface area (TPSA) is 46.1 Å². The Morgan fingerprint density at radius 2 is 1.79 bits per heavy atom. The summed E-state index contributed by atoms with van der Waals surface area (Å²) in [5, 5.41) is 7.01. The highest BCUT2D eigenvalue weighted by Crippen LogP contribution is 2.16. The Labute approximate surface area is 147 Å². The molecule has 0 amide bonds. The number of piperidine rings is 1. The molecule has 4 fully saturated rings. The van der Waals surface area contributed by atoms with Crippen LogP contribution in [0.1, 0.15) is 26.2 Å². The Kier molecular flexibility index (Phi) is 6.75. The van der Waals surface area contributed by atoms with E-state index in [1.54, 1.807) is 0 Å². The van der Waals surface area contributed by atoms with E-state index in [1.807, 2.05) is 7.05 Å². The molecule has 0 spiro atoms. The lowest BCUT2D eigenvalue weighted by molar-refractivity contribution is 0.0154. The summed E-state index contributed by atoms with van der Waals surface area (Å²) in [4.78, 5) is 12.2. The van der Waals surface area contributed by atoms with Crippen molar-refractivity contribution >= 4 is 5.96 Å². The third kappa shape index (κ3) is 5.07. The number of hydrogen-bond acceptors (Lipinski definition) is 4. The zero-order chi connectivity index (χ0) is 16.8. The van der Waals surface area contributed by atoms with Crippen LogP contribution in [0.5, 0.6) is 0 Å². The van der Waals surface area contributed by atoms with Gasteiger partial charge in [0.05, 0.1) is 0 Å². The van der Waals surface area contributed by atoms with E-state index in [1.165, 1.54) is 71.6 Å². The lowest BCUT2D eigenvalue weighted by atomic mass is 9.99. The fraction of sp³-hybridized carbons (Fsp3) is 0.944. The van der Waals surface area contributed by atoms with Crippen molar-refractivity contribution in [1.29, 1.82) is 0 Å². The van der Waals surface area contributed by atoms with Gasteiger partial charge in [0.25, 0.3) is 0 Å². The SMILES string of the molecule is CN=C(NCCCN1CCC(C)CC1)NCC1CN2CCN1CC2. The molecule has 0 aliphatic carbocycles. The van der Waals surface area contributed by atoms with Gasteiger partial charge in [0.1, 0.15) is 0 Å². The summed E-state index contributed by atoms with van der Waals surface area (Å²) in [6.07, 6.45) is 3.93. The minimum atomic E-state index is 0.640. The van der Waals surface area contributed by atoms with E-state index in [2.05, 4.69) is 37.2 Å². The summed E-state index contributed by atoms with van der Waals surface area (Å²) in [5.74, 6) is 1.88. The molecule has 1 atom stereocenters. The lowest BCUT2D eigenvalue weighted by Crippen LogP contribution is -2.63. The molecule has 1 unspecified atom stereocenters. The molecule has 0 aromatic carbocycles.